The molecule has 0 aliphatic carbocycles. The van der Waals surface area contributed by atoms with Crippen LogP contribution < -0.4 is 5.32 Å². The lowest BCUT2D eigenvalue weighted by atomic mass is 10.1. The number of carbonyl (C=O) groups excluding carboxylic acids is 2. The highest BCUT2D eigenvalue weighted by Crippen LogP contribution is 2.22. The van der Waals surface area contributed by atoms with Gasteiger partial charge in [-0.25, -0.2) is 4.39 Å². The molecule has 23 heavy (non-hydrogen) atoms. The largest absolute Gasteiger partial charge is 0.389 e. The Hall–Kier alpha value is -2.73. The number of amides is 2. The Bertz CT molecular complexity index is 728. The first-order valence-corrected chi connectivity index (χ1v) is 7.19. The van der Waals surface area contributed by atoms with Crippen LogP contribution >= 0.6 is 0 Å². The van der Waals surface area contributed by atoms with Crippen LogP contribution in [-0.4, -0.2) is 41.0 Å². The average molecular weight is 314 g/mol. The summed E-state index contributed by atoms with van der Waals surface area (Å²) in [6.07, 6.45) is -0.958. The molecule has 2 N–H and O–H groups in total. The molecule has 5 nitrogen and oxygen atoms in total. The van der Waals surface area contributed by atoms with Crippen LogP contribution in [0.1, 0.15) is 20.7 Å². The van der Waals surface area contributed by atoms with Crippen molar-refractivity contribution in [3.63, 3.8) is 0 Å². The van der Waals surface area contributed by atoms with E-state index < -0.39 is 17.9 Å². The first-order valence-electron chi connectivity index (χ1n) is 7.19. The van der Waals surface area contributed by atoms with Gasteiger partial charge in [-0.2, -0.15) is 0 Å². The van der Waals surface area contributed by atoms with Crippen molar-refractivity contribution in [2.75, 3.05) is 18.4 Å². The second-order valence-corrected chi connectivity index (χ2v) is 5.31. The molecule has 2 aromatic carbocycles. The Labute approximate surface area is 132 Å². The molecule has 0 saturated carbocycles. The third-order valence-electron chi connectivity index (χ3n) is 3.64. The molecule has 6 heteroatoms. The fourth-order valence-electron chi connectivity index (χ4n) is 2.51. The van der Waals surface area contributed by atoms with E-state index in [1.807, 2.05) is 0 Å². The molecule has 118 valence electrons. The van der Waals surface area contributed by atoms with Crippen molar-refractivity contribution in [3.05, 3.63) is 65.5 Å². The van der Waals surface area contributed by atoms with Gasteiger partial charge in [0, 0.05) is 12.2 Å². The lowest BCUT2D eigenvalue weighted by molar-refractivity contribution is 0.0558. The van der Waals surface area contributed by atoms with Crippen molar-refractivity contribution in [1.29, 1.82) is 0 Å². The maximum absolute atomic E-state index is 13.1. The summed E-state index contributed by atoms with van der Waals surface area (Å²) in [6, 6.07) is 12.4. The van der Waals surface area contributed by atoms with Gasteiger partial charge in [0.1, 0.15) is 5.82 Å². The Morgan fingerprint density at radius 1 is 1.04 bits per heavy atom. The summed E-state index contributed by atoms with van der Waals surface area (Å²) >= 11 is 0. The number of nitrogens with zero attached hydrogens (tertiary/aromatic N) is 1. The van der Waals surface area contributed by atoms with Crippen LogP contribution in [0.25, 0.3) is 0 Å². The number of carbonyl (C=O) groups is 2. The van der Waals surface area contributed by atoms with Crippen LogP contribution in [0.4, 0.5) is 10.1 Å². The zero-order valence-electron chi connectivity index (χ0n) is 12.2. The number of rotatable bonds is 5. The fraction of sp³-hybridized carbons (Fsp3) is 0.176. The summed E-state index contributed by atoms with van der Waals surface area (Å²) in [5.74, 6) is -1.20. The molecular formula is C17H15FN2O3. The zero-order chi connectivity index (χ0) is 16.4. The van der Waals surface area contributed by atoms with E-state index in [0.29, 0.717) is 16.8 Å². The molecule has 0 saturated heterocycles. The number of imide groups is 1. The van der Waals surface area contributed by atoms with Crippen molar-refractivity contribution in [1.82, 2.24) is 4.90 Å². The van der Waals surface area contributed by atoms with E-state index in [1.54, 1.807) is 36.4 Å². The number of hydrogen-bond acceptors (Lipinski definition) is 4. The first-order chi connectivity index (χ1) is 11.1. The van der Waals surface area contributed by atoms with Gasteiger partial charge >= 0.3 is 0 Å². The van der Waals surface area contributed by atoms with Crippen molar-refractivity contribution in [3.8, 4) is 0 Å². The molecule has 1 atom stereocenters. The lowest BCUT2D eigenvalue weighted by Gasteiger charge is -2.19. The molecule has 1 aliphatic heterocycles. The van der Waals surface area contributed by atoms with Gasteiger partial charge in [-0.3, -0.25) is 14.5 Å². The third kappa shape index (κ3) is 3.07. The molecule has 0 aromatic heterocycles. The smallest absolute Gasteiger partial charge is 0.261 e. The second-order valence-electron chi connectivity index (χ2n) is 5.31. The van der Waals surface area contributed by atoms with Crippen LogP contribution in [-0.2, 0) is 0 Å². The van der Waals surface area contributed by atoms with Crippen LogP contribution in [0.15, 0.2) is 48.5 Å². The van der Waals surface area contributed by atoms with Crippen LogP contribution in [0.3, 0.4) is 0 Å². The minimum absolute atomic E-state index is 0.0941. The van der Waals surface area contributed by atoms with Gasteiger partial charge in [0.05, 0.1) is 23.8 Å². The molecule has 1 aliphatic rings. The molecule has 2 aromatic rings. The number of anilines is 1. The molecule has 3 rings (SSSR count). The van der Waals surface area contributed by atoms with E-state index in [9.17, 15) is 19.1 Å². The van der Waals surface area contributed by atoms with Gasteiger partial charge in [0.2, 0.25) is 0 Å². The summed E-state index contributed by atoms with van der Waals surface area (Å²) in [5, 5.41) is 12.9. The van der Waals surface area contributed by atoms with Gasteiger partial charge in [-0.1, -0.05) is 18.2 Å². The third-order valence-corrected chi connectivity index (χ3v) is 3.64. The minimum Gasteiger partial charge on any atom is -0.389 e. The molecule has 0 fully saturated rings. The molecule has 0 spiro atoms. The van der Waals surface area contributed by atoms with E-state index >= 15 is 0 Å². The number of nitrogens with one attached hydrogen (secondary N) is 1. The van der Waals surface area contributed by atoms with Crippen molar-refractivity contribution < 1.29 is 19.1 Å². The van der Waals surface area contributed by atoms with E-state index in [2.05, 4.69) is 5.32 Å². The number of halogens is 1. The topological polar surface area (TPSA) is 69.6 Å². The Kier molecular flexibility index (Phi) is 4.08. The second kappa shape index (κ2) is 6.18. The number of hydrogen-bond donors (Lipinski definition) is 2. The van der Waals surface area contributed by atoms with Crippen molar-refractivity contribution >= 4 is 17.5 Å². The van der Waals surface area contributed by atoms with E-state index in [0.717, 1.165) is 4.90 Å². The van der Waals surface area contributed by atoms with Gasteiger partial charge in [0.15, 0.2) is 0 Å². The predicted molar refractivity (Wildman–Crippen MR) is 82.7 cm³/mol. The maximum Gasteiger partial charge on any atom is 0.261 e. The molecule has 0 bridgehead atoms. The standard InChI is InChI=1S/C17H15FN2O3/c18-11-4-3-5-12(8-11)19-9-13(21)10-20-16(22)14-6-1-2-7-15(14)17(20)23/h1-8,13,19,21H,9-10H2/t13-/m1/s1. The van der Waals surface area contributed by atoms with Gasteiger partial charge in [-0.05, 0) is 30.3 Å². The Morgan fingerprint density at radius 2 is 1.70 bits per heavy atom. The average Bonchev–Trinajstić information content (AvgIpc) is 2.79. The Balaban J connectivity index is 1.62. The van der Waals surface area contributed by atoms with E-state index in [1.165, 1.54) is 12.1 Å². The van der Waals surface area contributed by atoms with Gasteiger partial charge < -0.3 is 10.4 Å². The minimum atomic E-state index is -0.958. The van der Waals surface area contributed by atoms with Crippen molar-refractivity contribution in [2.24, 2.45) is 0 Å². The summed E-state index contributed by atoms with van der Waals surface area (Å²) in [6.45, 7) is -0.0223. The highest BCUT2D eigenvalue weighted by molar-refractivity contribution is 6.21. The highest BCUT2D eigenvalue weighted by Gasteiger charge is 2.35. The first kappa shape index (κ1) is 15.2. The quantitative estimate of drug-likeness (QED) is 0.827. The summed E-state index contributed by atoms with van der Waals surface area (Å²) < 4.78 is 13.1. The normalized spacial score (nSPS) is 14.8. The van der Waals surface area contributed by atoms with Crippen LogP contribution in [0.2, 0.25) is 0 Å². The maximum atomic E-state index is 13.1. The molecule has 1 heterocycles. The Morgan fingerprint density at radius 3 is 2.30 bits per heavy atom. The summed E-state index contributed by atoms with van der Waals surface area (Å²) in [5.41, 5.74) is 1.22. The SMILES string of the molecule is O=C1c2ccccc2C(=O)N1C[C@H](O)CNc1cccc(F)c1. The van der Waals surface area contributed by atoms with Gasteiger partial charge in [-0.15, -0.1) is 0 Å². The number of aliphatic hydroxyl groups is 1. The summed E-state index contributed by atoms with van der Waals surface area (Å²) in [4.78, 5) is 25.4. The van der Waals surface area contributed by atoms with Gasteiger partial charge in [0.25, 0.3) is 11.8 Å². The number of β-amino-alcohol motifs (C(OH)–C–C–N with tert-alkyl or cyclic N) is 1. The van der Waals surface area contributed by atoms with Crippen molar-refractivity contribution in [2.45, 2.75) is 6.10 Å². The van der Waals surface area contributed by atoms with Crippen LogP contribution in [0.5, 0.6) is 0 Å². The monoisotopic (exact) mass is 314 g/mol. The predicted octanol–water partition coefficient (Wildman–Crippen LogP) is 1.89. The molecular weight excluding hydrogens is 299 g/mol. The molecule has 0 unspecified atom stereocenters. The highest BCUT2D eigenvalue weighted by atomic mass is 19.1. The van der Waals surface area contributed by atoms with Crippen LogP contribution in [0, 0.1) is 5.82 Å². The number of benzene rings is 2. The summed E-state index contributed by atoms with van der Waals surface area (Å²) in [7, 11) is 0. The molecule has 2 amide bonds. The fourth-order valence-corrected chi connectivity index (χ4v) is 2.51. The van der Waals surface area contributed by atoms with E-state index in [-0.39, 0.29) is 18.9 Å². The molecule has 0 radical (unpaired) electrons. The number of aliphatic hydroxyl groups excluding tert-OH is 1. The zero-order valence-corrected chi connectivity index (χ0v) is 12.2. The van der Waals surface area contributed by atoms with E-state index in [4.69, 9.17) is 0 Å². The lowest BCUT2D eigenvalue weighted by Crippen LogP contribution is -2.39. The number of fused-ring (bicyclic) bond motifs is 1.